The Kier molecular flexibility index (Phi) is 4.36. The second kappa shape index (κ2) is 6.20. The fraction of sp³-hybridized carbons (Fsp3) is 0.267. The quantitative estimate of drug-likeness (QED) is 0.637. The number of pyridine rings is 1. The van der Waals surface area contributed by atoms with E-state index < -0.39 is 0 Å². The van der Waals surface area contributed by atoms with Crippen molar-refractivity contribution in [3.8, 4) is 0 Å². The normalized spacial score (nSPS) is 10.3. The number of nitrogens with zero attached hydrogens (tertiary/aromatic N) is 2. The lowest BCUT2D eigenvalue weighted by Crippen LogP contribution is -2.16. The van der Waals surface area contributed by atoms with Crippen LogP contribution >= 0.6 is 0 Å². The summed E-state index contributed by atoms with van der Waals surface area (Å²) in [5.41, 5.74) is 6.25. The Hall–Kier alpha value is -2.07. The third-order valence-corrected chi connectivity index (χ3v) is 3.18. The second-order valence-corrected chi connectivity index (χ2v) is 4.57. The van der Waals surface area contributed by atoms with Gasteiger partial charge in [0.15, 0.2) is 0 Å². The van der Waals surface area contributed by atoms with Crippen molar-refractivity contribution in [1.29, 1.82) is 0 Å². The summed E-state index contributed by atoms with van der Waals surface area (Å²) in [6, 6.07) is 12.6. The first-order chi connectivity index (χ1) is 9.22. The number of anilines is 2. The van der Waals surface area contributed by atoms with E-state index in [4.69, 9.17) is 5.84 Å². The molecule has 0 unspecified atom stereocenters. The van der Waals surface area contributed by atoms with Gasteiger partial charge in [-0.1, -0.05) is 25.1 Å². The van der Waals surface area contributed by atoms with E-state index in [0.29, 0.717) is 5.82 Å². The average molecular weight is 256 g/mol. The standard InChI is InChI=1S/C15H20N4/c1-3-12-4-7-14(8-5-12)19(2)11-13-6-9-15(18-16)17-10-13/h4-10H,3,11,16H2,1-2H3,(H,17,18). The van der Waals surface area contributed by atoms with E-state index in [1.807, 2.05) is 18.3 Å². The van der Waals surface area contributed by atoms with Crippen molar-refractivity contribution in [1.82, 2.24) is 4.98 Å². The van der Waals surface area contributed by atoms with Crippen molar-refractivity contribution in [3.05, 3.63) is 53.7 Å². The highest BCUT2D eigenvalue weighted by molar-refractivity contribution is 5.47. The summed E-state index contributed by atoms with van der Waals surface area (Å²) in [5.74, 6) is 5.98. The summed E-state index contributed by atoms with van der Waals surface area (Å²) >= 11 is 0. The Morgan fingerprint density at radius 1 is 1.11 bits per heavy atom. The van der Waals surface area contributed by atoms with Gasteiger partial charge < -0.3 is 10.3 Å². The largest absolute Gasteiger partial charge is 0.370 e. The number of hydrazine groups is 1. The van der Waals surface area contributed by atoms with Gasteiger partial charge in [-0.2, -0.15) is 0 Å². The maximum atomic E-state index is 5.30. The maximum Gasteiger partial charge on any atom is 0.139 e. The minimum atomic E-state index is 0.679. The molecule has 4 nitrogen and oxygen atoms in total. The third-order valence-electron chi connectivity index (χ3n) is 3.18. The van der Waals surface area contributed by atoms with E-state index in [-0.39, 0.29) is 0 Å². The molecular weight excluding hydrogens is 236 g/mol. The average Bonchev–Trinajstić information content (AvgIpc) is 2.48. The van der Waals surface area contributed by atoms with Crippen molar-refractivity contribution < 1.29 is 0 Å². The number of aryl methyl sites for hydroxylation is 1. The van der Waals surface area contributed by atoms with Crippen LogP contribution in [0.3, 0.4) is 0 Å². The molecule has 0 saturated heterocycles. The number of rotatable bonds is 5. The molecule has 19 heavy (non-hydrogen) atoms. The van der Waals surface area contributed by atoms with Gasteiger partial charge in [-0.15, -0.1) is 0 Å². The van der Waals surface area contributed by atoms with Gasteiger partial charge in [0.1, 0.15) is 5.82 Å². The molecule has 3 N–H and O–H groups in total. The molecule has 0 fully saturated rings. The molecule has 0 aliphatic rings. The van der Waals surface area contributed by atoms with Gasteiger partial charge in [0.2, 0.25) is 0 Å². The molecule has 0 bridgehead atoms. The molecule has 0 atom stereocenters. The molecule has 1 heterocycles. The van der Waals surface area contributed by atoms with Crippen LogP contribution in [0.4, 0.5) is 11.5 Å². The van der Waals surface area contributed by atoms with Crippen molar-refractivity contribution in [2.24, 2.45) is 5.84 Å². The van der Waals surface area contributed by atoms with Crippen LogP contribution in [0.2, 0.25) is 0 Å². The van der Waals surface area contributed by atoms with Gasteiger partial charge in [-0.05, 0) is 35.7 Å². The first-order valence-electron chi connectivity index (χ1n) is 6.44. The Bertz CT molecular complexity index is 505. The summed E-state index contributed by atoms with van der Waals surface area (Å²) in [6.07, 6.45) is 2.91. The maximum absolute atomic E-state index is 5.30. The summed E-state index contributed by atoms with van der Waals surface area (Å²) in [5, 5.41) is 0. The van der Waals surface area contributed by atoms with Gasteiger partial charge in [0.25, 0.3) is 0 Å². The first kappa shape index (κ1) is 13.4. The number of aromatic nitrogens is 1. The molecule has 4 heteroatoms. The molecule has 1 aromatic heterocycles. The monoisotopic (exact) mass is 256 g/mol. The van der Waals surface area contributed by atoms with Gasteiger partial charge in [-0.25, -0.2) is 10.8 Å². The van der Waals surface area contributed by atoms with Gasteiger partial charge >= 0.3 is 0 Å². The molecule has 1 aromatic carbocycles. The summed E-state index contributed by atoms with van der Waals surface area (Å²) in [6.45, 7) is 2.99. The van der Waals surface area contributed by atoms with Crippen LogP contribution in [0.15, 0.2) is 42.6 Å². The van der Waals surface area contributed by atoms with E-state index in [1.54, 1.807) is 0 Å². The number of nitrogen functional groups attached to an aromatic ring is 1. The number of hydrogen-bond acceptors (Lipinski definition) is 4. The van der Waals surface area contributed by atoms with Crippen LogP contribution in [-0.2, 0) is 13.0 Å². The van der Waals surface area contributed by atoms with Crippen LogP contribution in [0.5, 0.6) is 0 Å². The smallest absolute Gasteiger partial charge is 0.139 e. The summed E-state index contributed by atoms with van der Waals surface area (Å²) < 4.78 is 0. The lowest BCUT2D eigenvalue weighted by atomic mass is 10.1. The SMILES string of the molecule is CCc1ccc(N(C)Cc2ccc(NN)nc2)cc1. The van der Waals surface area contributed by atoms with E-state index in [0.717, 1.165) is 18.5 Å². The second-order valence-electron chi connectivity index (χ2n) is 4.57. The van der Waals surface area contributed by atoms with Crippen LogP contribution in [0.25, 0.3) is 0 Å². The predicted octanol–water partition coefficient (Wildman–Crippen LogP) is 2.57. The molecule has 0 aliphatic heterocycles. The van der Waals surface area contributed by atoms with Crippen LogP contribution in [0.1, 0.15) is 18.1 Å². The number of benzene rings is 1. The minimum absolute atomic E-state index is 0.679. The van der Waals surface area contributed by atoms with Crippen molar-refractivity contribution >= 4 is 11.5 Å². The summed E-state index contributed by atoms with van der Waals surface area (Å²) in [4.78, 5) is 6.41. The zero-order valence-electron chi connectivity index (χ0n) is 11.4. The Balaban J connectivity index is 2.04. The molecule has 2 aromatic rings. The van der Waals surface area contributed by atoms with Crippen molar-refractivity contribution in [2.75, 3.05) is 17.4 Å². The lowest BCUT2D eigenvalue weighted by Gasteiger charge is -2.19. The highest BCUT2D eigenvalue weighted by atomic mass is 15.2. The highest BCUT2D eigenvalue weighted by Crippen LogP contribution is 2.16. The Morgan fingerprint density at radius 2 is 1.79 bits per heavy atom. The molecule has 0 amide bonds. The molecule has 0 saturated carbocycles. The zero-order chi connectivity index (χ0) is 13.7. The number of nitrogens with two attached hydrogens (primary N) is 1. The van der Waals surface area contributed by atoms with Crippen LogP contribution < -0.4 is 16.2 Å². The van der Waals surface area contributed by atoms with Gasteiger partial charge in [0.05, 0.1) is 0 Å². The summed E-state index contributed by atoms with van der Waals surface area (Å²) in [7, 11) is 2.08. The van der Waals surface area contributed by atoms with Crippen molar-refractivity contribution in [3.63, 3.8) is 0 Å². The highest BCUT2D eigenvalue weighted by Gasteiger charge is 2.02. The first-order valence-corrected chi connectivity index (χ1v) is 6.44. The lowest BCUT2D eigenvalue weighted by molar-refractivity contribution is 0.914. The molecule has 100 valence electrons. The molecule has 0 aliphatic carbocycles. The van der Waals surface area contributed by atoms with Crippen LogP contribution in [-0.4, -0.2) is 12.0 Å². The molecular formula is C15H20N4. The van der Waals surface area contributed by atoms with E-state index in [1.165, 1.54) is 11.3 Å². The fourth-order valence-electron chi connectivity index (χ4n) is 1.95. The van der Waals surface area contributed by atoms with Gasteiger partial charge in [-0.3, -0.25) is 0 Å². The molecule has 2 rings (SSSR count). The number of hydrogen-bond donors (Lipinski definition) is 2. The molecule has 0 radical (unpaired) electrons. The third kappa shape index (κ3) is 3.45. The Morgan fingerprint density at radius 3 is 2.32 bits per heavy atom. The van der Waals surface area contributed by atoms with Crippen molar-refractivity contribution in [2.45, 2.75) is 19.9 Å². The van der Waals surface area contributed by atoms with E-state index in [9.17, 15) is 0 Å². The van der Waals surface area contributed by atoms with Gasteiger partial charge in [0, 0.05) is 25.5 Å². The fourth-order valence-corrected chi connectivity index (χ4v) is 1.95. The van der Waals surface area contributed by atoms with Crippen LogP contribution in [0, 0.1) is 0 Å². The van der Waals surface area contributed by atoms with E-state index >= 15 is 0 Å². The topological polar surface area (TPSA) is 54.2 Å². The molecule has 0 spiro atoms. The minimum Gasteiger partial charge on any atom is -0.370 e. The Labute approximate surface area is 114 Å². The predicted molar refractivity (Wildman–Crippen MR) is 80.0 cm³/mol. The van der Waals surface area contributed by atoms with E-state index in [2.05, 4.69) is 53.5 Å². The number of nitrogens with one attached hydrogen (secondary N) is 1. The zero-order valence-corrected chi connectivity index (χ0v) is 11.4.